The van der Waals surface area contributed by atoms with Gasteiger partial charge in [-0.2, -0.15) is 0 Å². The van der Waals surface area contributed by atoms with Crippen LogP contribution in [0.1, 0.15) is 27.2 Å². The third-order valence-electron chi connectivity index (χ3n) is 5.04. The van der Waals surface area contributed by atoms with Crippen LogP contribution in [-0.4, -0.2) is 18.0 Å². The van der Waals surface area contributed by atoms with E-state index in [9.17, 15) is 9.59 Å². The molecule has 0 saturated heterocycles. The first-order chi connectivity index (χ1) is 15.0. The van der Waals surface area contributed by atoms with Crippen molar-refractivity contribution >= 4 is 22.7 Å². The minimum absolute atomic E-state index is 0.0244. The number of carbonyl (C=O) groups is 1. The Kier molecular flexibility index (Phi) is 5.54. The van der Waals surface area contributed by atoms with E-state index in [2.05, 4.69) is 4.98 Å². The van der Waals surface area contributed by atoms with Crippen LogP contribution in [-0.2, 0) is 6.54 Å². The van der Waals surface area contributed by atoms with E-state index >= 15 is 0 Å². The predicted molar refractivity (Wildman–Crippen MR) is 120 cm³/mol. The quantitative estimate of drug-likeness (QED) is 0.475. The number of benzene rings is 2. The molecule has 2 aromatic carbocycles. The van der Waals surface area contributed by atoms with E-state index in [1.807, 2.05) is 44.2 Å². The first kappa shape index (κ1) is 20.3. The molecule has 0 aliphatic carbocycles. The number of nitrogens with zero attached hydrogens (tertiary/aromatic N) is 2. The highest BCUT2D eigenvalue weighted by molar-refractivity contribution is 6.04. The standard InChI is InChI=1S/C25H22N2O4/c1-16-12-17(2)24-20(13-16)21(28)14-22(31-24)25(29)27(23-6-4-5-11-26-23)15-18-7-9-19(30-3)10-8-18/h4-14H,15H2,1-3H3. The molecule has 2 heterocycles. The number of aromatic nitrogens is 1. The minimum atomic E-state index is -0.437. The van der Waals surface area contributed by atoms with Crippen LogP contribution >= 0.6 is 0 Å². The zero-order valence-corrected chi connectivity index (χ0v) is 17.6. The number of methoxy groups -OCH3 is 1. The SMILES string of the molecule is COc1ccc(CN(C(=O)c2cc(=O)c3cc(C)cc(C)c3o2)c2ccccn2)cc1. The number of aryl methyl sites for hydroxylation is 2. The predicted octanol–water partition coefficient (Wildman–Crippen LogP) is 4.66. The van der Waals surface area contributed by atoms with Crippen LogP contribution in [0.4, 0.5) is 5.82 Å². The molecule has 4 rings (SSSR count). The molecule has 0 fully saturated rings. The topological polar surface area (TPSA) is 72.6 Å². The van der Waals surface area contributed by atoms with Crippen LogP contribution in [0, 0.1) is 13.8 Å². The lowest BCUT2D eigenvalue weighted by Gasteiger charge is -2.21. The summed E-state index contributed by atoms with van der Waals surface area (Å²) in [5.74, 6) is 0.731. The molecule has 0 spiro atoms. The maximum Gasteiger partial charge on any atom is 0.295 e. The van der Waals surface area contributed by atoms with Crippen LogP contribution in [0.5, 0.6) is 5.75 Å². The van der Waals surface area contributed by atoms with Gasteiger partial charge in [0.05, 0.1) is 19.0 Å². The highest BCUT2D eigenvalue weighted by Gasteiger charge is 2.23. The highest BCUT2D eigenvalue weighted by atomic mass is 16.5. The van der Waals surface area contributed by atoms with Gasteiger partial charge in [-0.25, -0.2) is 4.98 Å². The third-order valence-corrected chi connectivity index (χ3v) is 5.04. The summed E-state index contributed by atoms with van der Waals surface area (Å²) < 4.78 is 11.1. The van der Waals surface area contributed by atoms with Gasteiger partial charge in [-0.05, 0) is 60.9 Å². The second-order valence-electron chi connectivity index (χ2n) is 7.36. The number of amides is 1. The number of fused-ring (bicyclic) bond motifs is 1. The summed E-state index contributed by atoms with van der Waals surface area (Å²) in [7, 11) is 1.60. The average molecular weight is 414 g/mol. The lowest BCUT2D eigenvalue weighted by molar-refractivity contribution is 0.0958. The zero-order chi connectivity index (χ0) is 22.0. The lowest BCUT2D eigenvalue weighted by atomic mass is 10.1. The second kappa shape index (κ2) is 8.44. The van der Waals surface area contributed by atoms with Gasteiger partial charge in [0.1, 0.15) is 17.2 Å². The molecule has 156 valence electrons. The van der Waals surface area contributed by atoms with Crippen molar-refractivity contribution in [2.75, 3.05) is 12.0 Å². The van der Waals surface area contributed by atoms with Crippen molar-refractivity contribution in [2.45, 2.75) is 20.4 Å². The van der Waals surface area contributed by atoms with Crippen LogP contribution in [0.2, 0.25) is 0 Å². The van der Waals surface area contributed by atoms with Crippen LogP contribution in [0.25, 0.3) is 11.0 Å². The van der Waals surface area contributed by atoms with Crippen molar-refractivity contribution in [3.05, 3.63) is 99.5 Å². The molecule has 0 bridgehead atoms. The fourth-order valence-corrected chi connectivity index (χ4v) is 3.53. The van der Waals surface area contributed by atoms with E-state index in [1.54, 1.807) is 37.6 Å². The number of hydrogen-bond acceptors (Lipinski definition) is 5. The molecule has 0 saturated carbocycles. The van der Waals surface area contributed by atoms with E-state index in [-0.39, 0.29) is 17.7 Å². The summed E-state index contributed by atoms with van der Waals surface area (Å²) in [4.78, 5) is 32.0. The summed E-state index contributed by atoms with van der Waals surface area (Å²) in [6, 6.07) is 17.7. The Morgan fingerprint density at radius 1 is 1.06 bits per heavy atom. The Morgan fingerprint density at radius 2 is 1.84 bits per heavy atom. The largest absolute Gasteiger partial charge is 0.497 e. The van der Waals surface area contributed by atoms with Gasteiger partial charge < -0.3 is 9.15 Å². The average Bonchev–Trinajstić information content (AvgIpc) is 2.78. The second-order valence-corrected chi connectivity index (χ2v) is 7.36. The number of rotatable bonds is 5. The Morgan fingerprint density at radius 3 is 2.52 bits per heavy atom. The fourth-order valence-electron chi connectivity index (χ4n) is 3.53. The Labute approximate surface area is 179 Å². The van der Waals surface area contributed by atoms with Crippen LogP contribution in [0.3, 0.4) is 0 Å². The van der Waals surface area contributed by atoms with Crippen molar-refractivity contribution in [3.63, 3.8) is 0 Å². The van der Waals surface area contributed by atoms with Crippen LogP contribution in [0.15, 0.2) is 76.1 Å². The number of ether oxygens (including phenoxy) is 1. The molecule has 1 amide bonds. The van der Waals surface area contributed by atoms with Gasteiger partial charge in [0.25, 0.3) is 5.91 Å². The molecule has 6 nitrogen and oxygen atoms in total. The van der Waals surface area contributed by atoms with Crippen molar-refractivity contribution in [1.29, 1.82) is 0 Å². The molecule has 4 aromatic rings. The normalized spacial score (nSPS) is 10.8. The lowest BCUT2D eigenvalue weighted by Crippen LogP contribution is -2.31. The molecule has 0 atom stereocenters. The molecular formula is C25H22N2O4. The molecule has 0 unspecified atom stereocenters. The monoisotopic (exact) mass is 414 g/mol. The fraction of sp³-hybridized carbons (Fsp3) is 0.160. The zero-order valence-electron chi connectivity index (χ0n) is 17.6. The molecule has 0 aliphatic rings. The molecule has 0 N–H and O–H groups in total. The van der Waals surface area contributed by atoms with E-state index in [0.29, 0.717) is 16.8 Å². The number of pyridine rings is 1. The Balaban J connectivity index is 1.77. The highest BCUT2D eigenvalue weighted by Crippen LogP contribution is 2.23. The number of hydrogen-bond donors (Lipinski definition) is 0. The molecule has 31 heavy (non-hydrogen) atoms. The number of carbonyl (C=O) groups excluding carboxylic acids is 1. The van der Waals surface area contributed by atoms with E-state index in [1.165, 1.54) is 11.0 Å². The Hall–Kier alpha value is -3.93. The van der Waals surface area contributed by atoms with Gasteiger partial charge in [-0.15, -0.1) is 0 Å². The van der Waals surface area contributed by atoms with Crippen molar-refractivity contribution in [1.82, 2.24) is 4.98 Å². The molecule has 0 aliphatic heterocycles. The number of anilines is 1. The van der Waals surface area contributed by atoms with E-state index in [4.69, 9.17) is 9.15 Å². The summed E-state index contributed by atoms with van der Waals surface area (Å²) in [5.41, 5.74) is 2.83. The summed E-state index contributed by atoms with van der Waals surface area (Å²) in [6.07, 6.45) is 1.62. The summed E-state index contributed by atoms with van der Waals surface area (Å²) in [5, 5.41) is 0.466. The van der Waals surface area contributed by atoms with Crippen LogP contribution < -0.4 is 15.1 Å². The summed E-state index contributed by atoms with van der Waals surface area (Å²) in [6.45, 7) is 4.04. The van der Waals surface area contributed by atoms with Gasteiger partial charge in [0.15, 0.2) is 11.2 Å². The first-order valence-electron chi connectivity index (χ1n) is 9.87. The molecule has 2 aromatic heterocycles. The molecular weight excluding hydrogens is 392 g/mol. The van der Waals surface area contributed by atoms with Gasteiger partial charge >= 0.3 is 0 Å². The van der Waals surface area contributed by atoms with Crippen molar-refractivity contribution < 1.29 is 13.9 Å². The summed E-state index contributed by atoms with van der Waals surface area (Å²) >= 11 is 0. The van der Waals surface area contributed by atoms with Gasteiger partial charge in [0.2, 0.25) is 0 Å². The molecule has 6 heteroatoms. The maximum absolute atomic E-state index is 13.5. The van der Waals surface area contributed by atoms with Crippen molar-refractivity contribution in [3.8, 4) is 5.75 Å². The van der Waals surface area contributed by atoms with Gasteiger partial charge in [0, 0.05) is 12.3 Å². The van der Waals surface area contributed by atoms with Crippen molar-refractivity contribution in [2.24, 2.45) is 0 Å². The van der Waals surface area contributed by atoms with Gasteiger partial charge in [-0.1, -0.05) is 24.3 Å². The van der Waals surface area contributed by atoms with E-state index < -0.39 is 5.91 Å². The first-order valence-corrected chi connectivity index (χ1v) is 9.87. The van der Waals surface area contributed by atoms with Gasteiger partial charge in [-0.3, -0.25) is 14.5 Å². The maximum atomic E-state index is 13.5. The Bertz CT molecular complexity index is 1300. The minimum Gasteiger partial charge on any atom is -0.497 e. The van der Waals surface area contributed by atoms with E-state index in [0.717, 1.165) is 22.4 Å². The smallest absolute Gasteiger partial charge is 0.295 e. The third kappa shape index (κ3) is 4.19. The molecule has 0 radical (unpaired) electrons.